The molecule has 0 heterocycles. The zero-order chi connectivity index (χ0) is 11.5. The average Bonchev–Trinajstić information content (AvgIpc) is 2.27. The molecule has 1 aliphatic rings. The Morgan fingerprint density at radius 2 is 2.19 bits per heavy atom. The first-order valence-corrected chi connectivity index (χ1v) is 6.22. The van der Waals surface area contributed by atoms with Gasteiger partial charge < -0.3 is 4.55 Å². The standard InChI is InChI=1S/C11H13NO3S/c13-11-6-2-4-9-8(7-12-16(14)15)3-1-5-10(9)11/h1,3,5,12H,2,4,6-7H2,(H,14,15)/p-1. The highest BCUT2D eigenvalue weighted by molar-refractivity contribution is 7.77. The van der Waals surface area contributed by atoms with Crippen LogP contribution in [0.15, 0.2) is 18.2 Å². The first-order chi connectivity index (χ1) is 7.68. The van der Waals surface area contributed by atoms with Crippen LogP contribution in [0.5, 0.6) is 0 Å². The quantitative estimate of drug-likeness (QED) is 0.801. The first kappa shape index (κ1) is 11.4. The molecule has 0 aromatic heterocycles. The molecule has 0 amide bonds. The van der Waals surface area contributed by atoms with E-state index in [9.17, 15) is 13.6 Å². The van der Waals surface area contributed by atoms with Crippen LogP contribution in [0, 0.1) is 0 Å². The third-order valence-electron chi connectivity index (χ3n) is 2.78. The molecule has 1 aliphatic carbocycles. The van der Waals surface area contributed by atoms with E-state index in [1.54, 1.807) is 6.07 Å². The Balaban J connectivity index is 2.29. The van der Waals surface area contributed by atoms with Crippen molar-refractivity contribution in [1.82, 2.24) is 4.72 Å². The largest absolute Gasteiger partial charge is 0.760 e. The lowest BCUT2D eigenvalue weighted by molar-refractivity contribution is 0.0972. The summed E-state index contributed by atoms with van der Waals surface area (Å²) in [5, 5.41) is 0. The van der Waals surface area contributed by atoms with Gasteiger partial charge in [0.1, 0.15) is 0 Å². The van der Waals surface area contributed by atoms with Gasteiger partial charge in [-0.25, -0.2) is 4.72 Å². The second kappa shape index (κ2) is 4.86. The summed E-state index contributed by atoms with van der Waals surface area (Å²) in [6.07, 6.45) is 2.30. The van der Waals surface area contributed by atoms with E-state index < -0.39 is 11.3 Å². The van der Waals surface area contributed by atoms with Crippen molar-refractivity contribution in [1.29, 1.82) is 0 Å². The summed E-state index contributed by atoms with van der Waals surface area (Å²) in [5.41, 5.74) is 2.65. The number of fused-ring (bicyclic) bond motifs is 1. The van der Waals surface area contributed by atoms with E-state index in [0.717, 1.165) is 29.5 Å². The van der Waals surface area contributed by atoms with Crippen molar-refractivity contribution in [2.45, 2.75) is 25.8 Å². The highest BCUT2D eigenvalue weighted by Crippen LogP contribution is 2.24. The number of ketones is 1. The van der Waals surface area contributed by atoms with E-state index in [-0.39, 0.29) is 12.3 Å². The van der Waals surface area contributed by atoms with Crippen LogP contribution in [0.1, 0.15) is 34.3 Å². The van der Waals surface area contributed by atoms with Crippen molar-refractivity contribution in [3.8, 4) is 0 Å². The molecule has 0 spiro atoms. The van der Waals surface area contributed by atoms with Crippen LogP contribution < -0.4 is 4.72 Å². The fourth-order valence-corrected chi connectivity index (χ4v) is 2.33. The Bertz CT molecular complexity index is 445. The molecule has 0 saturated carbocycles. The molecular weight excluding hydrogens is 226 g/mol. The second-order valence-electron chi connectivity index (χ2n) is 3.78. The molecule has 1 atom stereocenters. The van der Waals surface area contributed by atoms with Gasteiger partial charge in [0.15, 0.2) is 5.78 Å². The SMILES string of the molecule is O=C1CCCc2c(CNS(=O)[O-])cccc21. The number of rotatable bonds is 3. The maximum atomic E-state index is 11.6. The molecule has 0 aliphatic heterocycles. The Labute approximate surface area is 96.5 Å². The molecule has 86 valence electrons. The molecular formula is C11H12NO3S-. The van der Waals surface area contributed by atoms with Crippen LogP contribution in [0.4, 0.5) is 0 Å². The van der Waals surface area contributed by atoms with Gasteiger partial charge in [0, 0.05) is 29.8 Å². The zero-order valence-electron chi connectivity index (χ0n) is 8.69. The molecule has 0 fully saturated rings. The summed E-state index contributed by atoms with van der Waals surface area (Å²) in [4.78, 5) is 11.6. The van der Waals surface area contributed by atoms with Gasteiger partial charge in [-0.2, -0.15) is 0 Å². The molecule has 4 nitrogen and oxygen atoms in total. The number of Topliss-reactive ketones (excluding diaryl/α,β-unsaturated/α-hetero) is 1. The van der Waals surface area contributed by atoms with Crippen LogP contribution >= 0.6 is 0 Å². The Morgan fingerprint density at radius 3 is 2.94 bits per heavy atom. The van der Waals surface area contributed by atoms with E-state index in [1.807, 2.05) is 12.1 Å². The number of hydrogen-bond acceptors (Lipinski definition) is 3. The van der Waals surface area contributed by atoms with Crippen molar-refractivity contribution in [2.75, 3.05) is 0 Å². The summed E-state index contributed by atoms with van der Waals surface area (Å²) in [6, 6.07) is 5.47. The van der Waals surface area contributed by atoms with Crippen molar-refractivity contribution in [3.63, 3.8) is 0 Å². The van der Waals surface area contributed by atoms with Crippen molar-refractivity contribution < 1.29 is 13.6 Å². The van der Waals surface area contributed by atoms with E-state index in [0.29, 0.717) is 6.42 Å². The third kappa shape index (κ3) is 2.37. The van der Waals surface area contributed by atoms with Crippen LogP contribution in [-0.4, -0.2) is 14.5 Å². The Kier molecular flexibility index (Phi) is 3.48. The minimum Gasteiger partial charge on any atom is -0.760 e. The number of carbonyl (C=O) groups excluding carboxylic acids is 1. The van der Waals surface area contributed by atoms with Crippen LogP contribution in [0.2, 0.25) is 0 Å². The predicted octanol–water partition coefficient (Wildman–Crippen LogP) is 1.09. The first-order valence-electron chi connectivity index (χ1n) is 5.15. The van der Waals surface area contributed by atoms with Crippen molar-refractivity contribution in [2.24, 2.45) is 0 Å². The van der Waals surface area contributed by atoms with E-state index in [2.05, 4.69) is 4.72 Å². The predicted molar refractivity (Wildman–Crippen MR) is 59.5 cm³/mol. The molecule has 0 saturated heterocycles. The molecule has 2 rings (SSSR count). The molecule has 5 heteroatoms. The average molecular weight is 238 g/mol. The monoisotopic (exact) mass is 238 g/mol. The summed E-state index contributed by atoms with van der Waals surface area (Å²) in [6.45, 7) is 0.257. The molecule has 1 N–H and O–H groups in total. The van der Waals surface area contributed by atoms with Crippen molar-refractivity contribution in [3.05, 3.63) is 34.9 Å². The number of hydrogen-bond donors (Lipinski definition) is 1. The van der Waals surface area contributed by atoms with Crippen LogP contribution in [-0.2, 0) is 24.2 Å². The maximum absolute atomic E-state index is 11.6. The van der Waals surface area contributed by atoms with Crippen LogP contribution in [0.3, 0.4) is 0 Å². The maximum Gasteiger partial charge on any atom is 0.163 e. The molecule has 1 aromatic rings. The van der Waals surface area contributed by atoms with E-state index >= 15 is 0 Å². The fourth-order valence-electron chi connectivity index (χ4n) is 2.05. The number of nitrogens with one attached hydrogen (secondary N) is 1. The van der Waals surface area contributed by atoms with Gasteiger partial charge in [0.2, 0.25) is 0 Å². The summed E-state index contributed by atoms with van der Waals surface area (Å²) >= 11 is -2.26. The lowest BCUT2D eigenvalue weighted by Crippen LogP contribution is -2.19. The zero-order valence-corrected chi connectivity index (χ0v) is 9.51. The van der Waals surface area contributed by atoms with Gasteiger partial charge in [0.25, 0.3) is 0 Å². The normalized spacial score (nSPS) is 16.9. The van der Waals surface area contributed by atoms with E-state index in [4.69, 9.17) is 0 Å². The molecule has 1 aromatic carbocycles. The highest BCUT2D eigenvalue weighted by atomic mass is 32.2. The van der Waals surface area contributed by atoms with Gasteiger partial charge in [-0.1, -0.05) is 18.2 Å². The molecule has 16 heavy (non-hydrogen) atoms. The summed E-state index contributed by atoms with van der Waals surface area (Å²) in [5.74, 6) is 0.159. The lowest BCUT2D eigenvalue weighted by atomic mass is 9.87. The lowest BCUT2D eigenvalue weighted by Gasteiger charge is -2.19. The van der Waals surface area contributed by atoms with Gasteiger partial charge in [-0.05, 0) is 24.0 Å². The van der Waals surface area contributed by atoms with Gasteiger partial charge in [-0.15, -0.1) is 0 Å². The Hall–Kier alpha value is -1.04. The minimum atomic E-state index is -2.26. The molecule has 1 unspecified atom stereocenters. The number of benzene rings is 1. The second-order valence-corrected chi connectivity index (χ2v) is 4.53. The van der Waals surface area contributed by atoms with E-state index in [1.165, 1.54) is 0 Å². The minimum absolute atomic E-state index is 0.159. The summed E-state index contributed by atoms with van der Waals surface area (Å²) < 4.78 is 23.2. The Morgan fingerprint density at radius 1 is 1.38 bits per heavy atom. The van der Waals surface area contributed by atoms with Gasteiger partial charge >= 0.3 is 0 Å². The molecule has 0 radical (unpaired) electrons. The molecule has 0 bridgehead atoms. The highest BCUT2D eigenvalue weighted by Gasteiger charge is 2.18. The fraction of sp³-hybridized carbons (Fsp3) is 0.364. The van der Waals surface area contributed by atoms with Crippen molar-refractivity contribution >= 4 is 17.0 Å². The smallest absolute Gasteiger partial charge is 0.163 e. The van der Waals surface area contributed by atoms with Gasteiger partial charge in [0.05, 0.1) is 0 Å². The van der Waals surface area contributed by atoms with Crippen LogP contribution in [0.25, 0.3) is 0 Å². The van der Waals surface area contributed by atoms with Gasteiger partial charge in [-0.3, -0.25) is 9.00 Å². The topological polar surface area (TPSA) is 69.2 Å². The third-order valence-corrected chi connectivity index (χ3v) is 3.16. The number of carbonyl (C=O) groups is 1. The summed E-state index contributed by atoms with van der Waals surface area (Å²) in [7, 11) is 0.